The van der Waals surface area contributed by atoms with Crippen LogP contribution in [0.25, 0.3) is 0 Å². The van der Waals surface area contributed by atoms with Gasteiger partial charge in [0.2, 0.25) is 0 Å². The molecular formula is C14H17ClFN3. The van der Waals surface area contributed by atoms with Crippen molar-refractivity contribution in [2.75, 3.05) is 0 Å². The lowest BCUT2D eigenvalue weighted by Crippen LogP contribution is -2.14. The fraction of sp³-hybridized carbons (Fsp3) is 0.357. The largest absolute Gasteiger partial charge is 0.324 e. The Labute approximate surface area is 117 Å². The Morgan fingerprint density at radius 3 is 2.68 bits per heavy atom. The molecule has 1 aromatic carbocycles. The van der Waals surface area contributed by atoms with Crippen LogP contribution in [0.5, 0.6) is 0 Å². The van der Waals surface area contributed by atoms with Crippen molar-refractivity contribution in [3.8, 4) is 0 Å². The molecule has 2 rings (SSSR count). The fourth-order valence-electron chi connectivity index (χ4n) is 1.86. The zero-order chi connectivity index (χ0) is 14.0. The van der Waals surface area contributed by atoms with Crippen LogP contribution in [0.4, 0.5) is 4.39 Å². The van der Waals surface area contributed by atoms with E-state index in [1.807, 2.05) is 16.9 Å². The van der Waals surface area contributed by atoms with Gasteiger partial charge in [0.25, 0.3) is 0 Å². The lowest BCUT2D eigenvalue weighted by Gasteiger charge is -2.11. The van der Waals surface area contributed by atoms with Crippen LogP contribution in [0.1, 0.15) is 37.2 Å². The van der Waals surface area contributed by atoms with E-state index in [1.54, 1.807) is 6.07 Å². The fourth-order valence-corrected chi connectivity index (χ4v) is 1.98. The maximum Gasteiger partial charge on any atom is 0.142 e. The van der Waals surface area contributed by atoms with Gasteiger partial charge in [0, 0.05) is 24.7 Å². The molecule has 2 N–H and O–H groups in total. The van der Waals surface area contributed by atoms with Crippen LogP contribution in [0.2, 0.25) is 5.02 Å². The number of halogens is 2. The number of hydrogen-bond acceptors (Lipinski definition) is 2. The predicted molar refractivity (Wildman–Crippen MR) is 74.7 cm³/mol. The molecule has 5 heteroatoms. The van der Waals surface area contributed by atoms with E-state index in [2.05, 4.69) is 18.9 Å². The molecule has 1 atom stereocenters. The van der Waals surface area contributed by atoms with E-state index in [4.69, 9.17) is 17.3 Å². The highest BCUT2D eigenvalue weighted by molar-refractivity contribution is 6.30. The van der Waals surface area contributed by atoms with E-state index in [1.165, 1.54) is 12.1 Å². The highest BCUT2D eigenvalue weighted by atomic mass is 35.5. The van der Waals surface area contributed by atoms with E-state index in [-0.39, 0.29) is 11.1 Å². The third-order valence-corrected chi connectivity index (χ3v) is 3.30. The maximum atomic E-state index is 13.4. The van der Waals surface area contributed by atoms with Gasteiger partial charge in [-0.3, -0.25) is 4.68 Å². The second kappa shape index (κ2) is 5.72. The summed E-state index contributed by atoms with van der Waals surface area (Å²) in [5, 5.41) is 4.54. The Hall–Kier alpha value is -1.39. The molecule has 1 unspecified atom stereocenters. The first-order valence-electron chi connectivity index (χ1n) is 6.22. The lowest BCUT2D eigenvalue weighted by molar-refractivity contribution is 0.522. The van der Waals surface area contributed by atoms with Crippen LogP contribution in [0, 0.1) is 5.82 Å². The SMILES string of the molecule is CC(C)n1ccc(CC(N)c2ccc(Cl)c(F)c2)n1. The predicted octanol–water partition coefficient (Wildman–Crippen LogP) is 3.50. The van der Waals surface area contributed by atoms with E-state index in [0.29, 0.717) is 12.5 Å². The van der Waals surface area contributed by atoms with Crippen molar-refractivity contribution in [1.82, 2.24) is 9.78 Å². The second-order valence-electron chi connectivity index (χ2n) is 4.86. The Morgan fingerprint density at radius 1 is 1.37 bits per heavy atom. The Kier molecular flexibility index (Phi) is 4.22. The molecule has 0 saturated heterocycles. The first-order chi connectivity index (χ1) is 8.97. The average Bonchev–Trinajstić information content (AvgIpc) is 2.81. The summed E-state index contributed by atoms with van der Waals surface area (Å²) < 4.78 is 15.3. The molecule has 0 spiro atoms. The third-order valence-electron chi connectivity index (χ3n) is 2.99. The Morgan fingerprint density at radius 2 is 2.11 bits per heavy atom. The smallest absolute Gasteiger partial charge is 0.142 e. The van der Waals surface area contributed by atoms with E-state index in [9.17, 15) is 4.39 Å². The number of nitrogens with two attached hydrogens (primary N) is 1. The summed E-state index contributed by atoms with van der Waals surface area (Å²) in [4.78, 5) is 0. The molecule has 0 fully saturated rings. The molecule has 0 aliphatic rings. The summed E-state index contributed by atoms with van der Waals surface area (Å²) in [7, 11) is 0. The van der Waals surface area contributed by atoms with Crippen LogP contribution >= 0.6 is 11.6 Å². The normalized spacial score (nSPS) is 12.9. The molecule has 0 aliphatic carbocycles. The molecule has 0 amide bonds. The highest BCUT2D eigenvalue weighted by Crippen LogP contribution is 2.21. The van der Waals surface area contributed by atoms with Gasteiger partial charge in [0.15, 0.2) is 0 Å². The summed E-state index contributed by atoms with van der Waals surface area (Å²) in [6, 6.07) is 6.62. The number of rotatable bonds is 4. The first kappa shape index (κ1) is 14.0. The minimum atomic E-state index is -0.442. The number of hydrogen-bond donors (Lipinski definition) is 1. The van der Waals surface area contributed by atoms with Gasteiger partial charge in [0.1, 0.15) is 5.82 Å². The zero-order valence-corrected chi connectivity index (χ0v) is 11.7. The molecule has 0 radical (unpaired) electrons. The summed E-state index contributed by atoms with van der Waals surface area (Å²) in [5.41, 5.74) is 7.70. The summed E-state index contributed by atoms with van der Waals surface area (Å²) in [5.74, 6) is -0.442. The minimum absolute atomic E-state index is 0.111. The molecule has 0 aliphatic heterocycles. The van der Waals surface area contributed by atoms with Crippen molar-refractivity contribution >= 4 is 11.6 Å². The standard InChI is InChI=1S/C14H17ClFN3/c1-9(2)19-6-5-11(18-19)8-14(17)10-3-4-12(15)13(16)7-10/h3-7,9,14H,8,17H2,1-2H3. The molecule has 0 bridgehead atoms. The maximum absolute atomic E-state index is 13.4. The molecule has 3 nitrogen and oxygen atoms in total. The van der Waals surface area contributed by atoms with Crippen molar-refractivity contribution < 1.29 is 4.39 Å². The molecule has 0 saturated carbocycles. The monoisotopic (exact) mass is 281 g/mol. The number of nitrogens with zero attached hydrogens (tertiary/aromatic N) is 2. The van der Waals surface area contributed by atoms with Crippen LogP contribution in [0.3, 0.4) is 0 Å². The van der Waals surface area contributed by atoms with Gasteiger partial charge >= 0.3 is 0 Å². The Balaban J connectivity index is 2.11. The van der Waals surface area contributed by atoms with E-state index in [0.717, 1.165) is 11.3 Å². The topological polar surface area (TPSA) is 43.8 Å². The van der Waals surface area contributed by atoms with Crippen molar-refractivity contribution in [2.24, 2.45) is 5.73 Å². The van der Waals surface area contributed by atoms with Gasteiger partial charge in [-0.05, 0) is 37.6 Å². The van der Waals surface area contributed by atoms with Gasteiger partial charge < -0.3 is 5.73 Å². The lowest BCUT2D eigenvalue weighted by atomic mass is 10.0. The van der Waals surface area contributed by atoms with Crippen LogP contribution in [0.15, 0.2) is 30.5 Å². The van der Waals surface area contributed by atoms with Crippen molar-refractivity contribution in [3.63, 3.8) is 0 Å². The van der Waals surface area contributed by atoms with Gasteiger partial charge in [-0.25, -0.2) is 4.39 Å². The number of benzene rings is 1. The van der Waals surface area contributed by atoms with E-state index >= 15 is 0 Å². The molecule has 19 heavy (non-hydrogen) atoms. The van der Waals surface area contributed by atoms with Gasteiger partial charge in [-0.15, -0.1) is 0 Å². The molecule has 1 aromatic heterocycles. The van der Waals surface area contributed by atoms with Crippen molar-refractivity contribution in [3.05, 3.63) is 52.6 Å². The van der Waals surface area contributed by atoms with Gasteiger partial charge in [-0.1, -0.05) is 17.7 Å². The number of aromatic nitrogens is 2. The summed E-state index contributed by atoms with van der Waals surface area (Å²) >= 11 is 5.65. The minimum Gasteiger partial charge on any atom is -0.324 e. The van der Waals surface area contributed by atoms with Crippen LogP contribution in [-0.4, -0.2) is 9.78 Å². The van der Waals surface area contributed by atoms with Crippen molar-refractivity contribution in [1.29, 1.82) is 0 Å². The van der Waals surface area contributed by atoms with E-state index < -0.39 is 5.82 Å². The van der Waals surface area contributed by atoms with Crippen LogP contribution < -0.4 is 5.73 Å². The Bertz CT molecular complexity index is 566. The second-order valence-corrected chi connectivity index (χ2v) is 5.27. The first-order valence-corrected chi connectivity index (χ1v) is 6.59. The molecule has 2 aromatic rings. The summed E-state index contributed by atoms with van der Waals surface area (Å²) in [6.07, 6.45) is 2.50. The van der Waals surface area contributed by atoms with Gasteiger partial charge in [0.05, 0.1) is 10.7 Å². The molecular weight excluding hydrogens is 265 g/mol. The molecule has 102 valence electrons. The van der Waals surface area contributed by atoms with Crippen molar-refractivity contribution in [2.45, 2.75) is 32.4 Å². The molecule has 1 heterocycles. The van der Waals surface area contributed by atoms with Crippen LogP contribution in [-0.2, 0) is 6.42 Å². The zero-order valence-electron chi connectivity index (χ0n) is 11.0. The third kappa shape index (κ3) is 3.33. The quantitative estimate of drug-likeness (QED) is 0.932. The average molecular weight is 282 g/mol. The van der Waals surface area contributed by atoms with Gasteiger partial charge in [-0.2, -0.15) is 5.10 Å². The summed E-state index contributed by atoms with van der Waals surface area (Å²) in [6.45, 7) is 4.12. The highest BCUT2D eigenvalue weighted by Gasteiger charge is 2.12.